The lowest BCUT2D eigenvalue weighted by Gasteiger charge is -2.35. The Labute approximate surface area is 412 Å². The molecule has 4 bridgehead atoms. The van der Waals surface area contributed by atoms with Gasteiger partial charge in [-0.1, -0.05) is 35.3 Å². The van der Waals surface area contributed by atoms with Gasteiger partial charge in [0.1, 0.15) is 53.6 Å². The molecule has 358 valence electrons. The van der Waals surface area contributed by atoms with Gasteiger partial charge in [0.15, 0.2) is 11.6 Å². The lowest BCUT2D eigenvalue weighted by atomic mass is 9.92. The second-order valence-corrected chi connectivity index (χ2v) is 18.7. The van der Waals surface area contributed by atoms with Gasteiger partial charge in [-0.15, -0.1) is 11.3 Å². The molecule has 3 N–H and O–H groups in total. The van der Waals surface area contributed by atoms with Gasteiger partial charge in [-0.05, 0) is 98.7 Å². The Morgan fingerprint density at radius 3 is 2.42 bits per heavy atom. The van der Waals surface area contributed by atoms with Gasteiger partial charge in [-0.3, -0.25) is 4.90 Å². The van der Waals surface area contributed by atoms with Crippen molar-refractivity contribution in [3.8, 4) is 56.1 Å². The summed E-state index contributed by atoms with van der Waals surface area (Å²) in [6, 6.07) is 16.9. The number of halogens is 3. The molecule has 15 nitrogen and oxygen atoms in total. The normalized spacial score (nSPS) is 16.6. The fourth-order valence-corrected chi connectivity index (χ4v) is 10.1. The molecule has 10 rings (SSSR count). The highest BCUT2D eigenvalue weighted by Gasteiger charge is 2.32. The number of carboxylic acids is 1. The van der Waals surface area contributed by atoms with Gasteiger partial charge in [-0.2, -0.15) is 0 Å². The van der Waals surface area contributed by atoms with E-state index in [1.165, 1.54) is 29.8 Å². The van der Waals surface area contributed by atoms with Crippen LogP contribution in [-0.4, -0.2) is 125 Å². The third kappa shape index (κ3) is 10.7. The molecular formula is C50H50Cl2FN9O6S. The number of fused-ring (bicyclic) bond motifs is 7. The van der Waals surface area contributed by atoms with E-state index in [0.717, 1.165) is 50.6 Å². The maximum absolute atomic E-state index is 14.4. The van der Waals surface area contributed by atoms with Crippen LogP contribution >= 0.6 is 34.5 Å². The van der Waals surface area contributed by atoms with Crippen LogP contribution in [0.2, 0.25) is 10.0 Å². The Hall–Kier alpha value is -6.21. The number of ether oxygens (including phenoxy) is 4. The summed E-state index contributed by atoms with van der Waals surface area (Å²) >= 11 is 16.0. The number of nitrogens with zero attached hydrogens (tertiary/aromatic N) is 7. The number of carbonyl (C=O) groups is 1. The molecule has 3 aromatic carbocycles. The van der Waals surface area contributed by atoms with Gasteiger partial charge in [0.2, 0.25) is 12.0 Å². The molecule has 69 heavy (non-hydrogen) atoms. The van der Waals surface area contributed by atoms with Crippen LogP contribution in [0.1, 0.15) is 22.4 Å². The molecular weight excluding hydrogens is 945 g/mol. The zero-order valence-corrected chi connectivity index (χ0v) is 40.7. The van der Waals surface area contributed by atoms with Crippen LogP contribution in [0, 0.1) is 19.7 Å². The molecule has 0 unspecified atom stereocenters. The first-order valence-electron chi connectivity index (χ1n) is 22.5. The summed E-state index contributed by atoms with van der Waals surface area (Å²) in [5.41, 5.74) is 5.06. The van der Waals surface area contributed by atoms with Gasteiger partial charge < -0.3 is 39.6 Å². The predicted molar refractivity (Wildman–Crippen MR) is 266 cm³/mol. The quantitative estimate of drug-likeness (QED) is 0.0995. The molecule has 0 aliphatic carbocycles. The maximum atomic E-state index is 14.4. The minimum absolute atomic E-state index is 0.0228. The molecule has 0 radical (unpaired) electrons. The first kappa shape index (κ1) is 47.8. The molecule has 1 fully saturated rings. The van der Waals surface area contributed by atoms with Crippen molar-refractivity contribution in [1.29, 1.82) is 0 Å². The summed E-state index contributed by atoms with van der Waals surface area (Å²) in [4.78, 5) is 42.1. The summed E-state index contributed by atoms with van der Waals surface area (Å²) in [6.45, 7) is 9.38. The summed E-state index contributed by atoms with van der Waals surface area (Å²) in [7, 11) is 3.99. The molecule has 1 saturated heterocycles. The monoisotopic (exact) mass is 993 g/mol. The van der Waals surface area contributed by atoms with E-state index < -0.39 is 24.0 Å². The highest BCUT2D eigenvalue weighted by Crippen LogP contribution is 2.53. The summed E-state index contributed by atoms with van der Waals surface area (Å²) < 4.78 is 40.7. The van der Waals surface area contributed by atoms with Crippen LogP contribution in [-0.2, 0) is 17.8 Å². The number of anilines is 1. The summed E-state index contributed by atoms with van der Waals surface area (Å²) in [5, 5.41) is 18.3. The standard InChI is InChI=1S/C50H50Cl2FN9O6S/c1-28-40-29(2)44(52)45(43(28)51)67-36(24-62-19-17-61(4)18-20-62)26-65-35-10-11-37(66-25-34-13-14-56-47(60-34)31-7-12-39(57-23-31)55-16-15-54-3)32(21-35)22-38(50(63)64)68-48-42-41(40)46(69-49(42)59-27-58-48)30-5-8-33(53)9-6-30/h5-14,21,23,27,36,38,54H,15-20,22,24-26H2,1-4H3,(H,55,57)(H,63,64)/t36-,38-/m1/s1. The first-order valence-corrected chi connectivity index (χ1v) is 24.1. The van der Waals surface area contributed by atoms with Gasteiger partial charge in [0, 0.05) is 86.2 Å². The first-order chi connectivity index (χ1) is 33.4. The van der Waals surface area contributed by atoms with Crippen LogP contribution in [0.3, 0.4) is 0 Å². The molecule has 0 amide bonds. The molecule has 3 aliphatic heterocycles. The van der Waals surface area contributed by atoms with E-state index in [9.17, 15) is 14.3 Å². The zero-order valence-electron chi connectivity index (χ0n) is 38.4. The van der Waals surface area contributed by atoms with Crippen LogP contribution < -0.4 is 29.6 Å². The third-order valence-electron chi connectivity index (χ3n) is 12.2. The Bertz CT molecular complexity index is 2950. The number of rotatable bonds is 12. The molecule has 19 heteroatoms. The van der Waals surface area contributed by atoms with E-state index in [2.05, 4.69) is 47.4 Å². The average molecular weight is 995 g/mol. The number of hydrogen-bond donors (Lipinski definition) is 3. The lowest BCUT2D eigenvalue weighted by molar-refractivity contribution is -0.145. The Balaban J connectivity index is 1.12. The number of likely N-dealkylation sites (N-methyl/N-ethyl adjacent to an activating group) is 2. The minimum atomic E-state index is -1.47. The lowest BCUT2D eigenvalue weighted by Crippen LogP contribution is -2.49. The molecule has 7 aromatic rings. The van der Waals surface area contributed by atoms with E-state index in [0.29, 0.717) is 93.8 Å². The minimum Gasteiger partial charge on any atom is -0.490 e. The summed E-state index contributed by atoms with van der Waals surface area (Å²) in [6.07, 6.45) is 2.53. The van der Waals surface area contributed by atoms with Gasteiger partial charge >= 0.3 is 5.97 Å². The second-order valence-electron chi connectivity index (χ2n) is 16.9. The number of aromatic nitrogens is 5. The van der Waals surface area contributed by atoms with Crippen molar-refractivity contribution in [2.45, 2.75) is 39.1 Å². The van der Waals surface area contributed by atoms with Crippen LogP contribution in [0.5, 0.6) is 23.1 Å². The van der Waals surface area contributed by atoms with Crippen LogP contribution in [0.25, 0.3) is 43.2 Å². The Morgan fingerprint density at radius 2 is 1.70 bits per heavy atom. The number of carboxylic acid groups (broad SMARTS) is 1. The SMILES string of the molecule is CNCCNc1ccc(-c2nccc(COc3ccc4cc3C[C@H](C(=O)O)Oc3ncnc5sc(-c6ccc(F)cc6)c(c35)-c3c(C)c(Cl)c(c(Cl)c3C)O[C@H](CN3CCN(C)CC3)CO4)n2)cn1. The van der Waals surface area contributed by atoms with Gasteiger partial charge in [0.05, 0.1) is 21.1 Å². The van der Waals surface area contributed by atoms with Crippen molar-refractivity contribution in [1.82, 2.24) is 40.0 Å². The van der Waals surface area contributed by atoms with E-state index in [-0.39, 0.29) is 25.5 Å². The number of pyridine rings is 1. The Kier molecular flexibility index (Phi) is 14.7. The van der Waals surface area contributed by atoms with Crippen molar-refractivity contribution in [3.63, 3.8) is 0 Å². The zero-order chi connectivity index (χ0) is 48.2. The Morgan fingerprint density at radius 1 is 0.928 bits per heavy atom. The number of piperazine rings is 1. The second kappa shape index (κ2) is 21.2. The number of aliphatic carboxylic acids is 1. The van der Waals surface area contributed by atoms with E-state index in [4.69, 9.17) is 47.1 Å². The van der Waals surface area contributed by atoms with Crippen molar-refractivity contribution in [2.24, 2.45) is 0 Å². The fraction of sp³-hybridized carbons (Fsp3) is 0.320. The van der Waals surface area contributed by atoms with Crippen molar-refractivity contribution in [2.75, 3.05) is 71.8 Å². The maximum Gasteiger partial charge on any atom is 0.345 e. The molecule has 0 spiro atoms. The van der Waals surface area contributed by atoms with Crippen molar-refractivity contribution < 1.29 is 33.2 Å². The average Bonchev–Trinajstić information content (AvgIpc) is 3.74. The number of nitrogens with one attached hydrogen (secondary N) is 2. The third-order valence-corrected chi connectivity index (χ3v) is 14.2. The number of hydrogen-bond acceptors (Lipinski definition) is 15. The van der Waals surface area contributed by atoms with E-state index >= 15 is 0 Å². The topological polar surface area (TPSA) is 169 Å². The van der Waals surface area contributed by atoms with Crippen LogP contribution in [0.4, 0.5) is 10.2 Å². The fourth-order valence-electron chi connectivity index (χ4n) is 8.43. The smallest absolute Gasteiger partial charge is 0.345 e. The molecule has 3 aliphatic rings. The predicted octanol–water partition coefficient (Wildman–Crippen LogP) is 8.61. The molecule has 7 heterocycles. The molecule has 2 atom stereocenters. The number of benzene rings is 3. The van der Waals surface area contributed by atoms with Crippen molar-refractivity contribution in [3.05, 3.63) is 118 Å². The van der Waals surface area contributed by atoms with E-state index in [1.54, 1.807) is 48.8 Å². The van der Waals surface area contributed by atoms with E-state index in [1.807, 2.05) is 33.0 Å². The summed E-state index contributed by atoms with van der Waals surface area (Å²) in [5.74, 6) is 0.748. The molecule has 4 aromatic heterocycles. The van der Waals surface area contributed by atoms with Crippen molar-refractivity contribution >= 4 is 56.5 Å². The highest BCUT2D eigenvalue weighted by molar-refractivity contribution is 7.22. The van der Waals surface area contributed by atoms with Gasteiger partial charge in [-0.25, -0.2) is 34.1 Å². The van der Waals surface area contributed by atoms with Gasteiger partial charge in [0.25, 0.3) is 0 Å². The highest BCUT2D eigenvalue weighted by atomic mass is 35.5. The molecule has 0 saturated carbocycles. The number of thiophene rings is 1. The van der Waals surface area contributed by atoms with Crippen LogP contribution in [0.15, 0.2) is 79.4 Å². The largest absolute Gasteiger partial charge is 0.490 e.